The molecule has 2 aromatic rings. The highest BCUT2D eigenvalue weighted by Gasteiger charge is 2.18. The summed E-state index contributed by atoms with van der Waals surface area (Å²) in [6, 6.07) is 8.07. The molecule has 0 spiro atoms. The number of hydrogen-bond donors (Lipinski definition) is 1. The zero-order chi connectivity index (χ0) is 22.2. The van der Waals surface area contributed by atoms with Crippen LogP contribution in [0.25, 0.3) is 0 Å². The predicted octanol–water partition coefficient (Wildman–Crippen LogP) is 2.02. The number of methoxy groups -OCH3 is 1. The van der Waals surface area contributed by atoms with Gasteiger partial charge in [0.2, 0.25) is 0 Å². The van der Waals surface area contributed by atoms with E-state index >= 15 is 0 Å². The van der Waals surface area contributed by atoms with Crippen LogP contribution in [0.1, 0.15) is 16.7 Å². The van der Waals surface area contributed by atoms with Gasteiger partial charge >= 0.3 is 0 Å². The van der Waals surface area contributed by atoms with Gasteiger partial charge in [-0.3, -0.25) is 14.8 Å². The van der Waals surface area contributed by atoms with Gasteiger partial charge in [0.25, 0.3) is 0 Å². The summed E-state index contributed by atoms with van der Waals surface area (Å²) in [6.07, 6.45) is 3.20. The molecule has 31 heavy (non-hydrogen) atoms. The zero-order valence-corrected chi connectivity index (χ0v) is 19.3. The molecule has 0 amide bonds. The lowest BCUT2D eigenvalue weighted by atomic mass is 10.1. The first-order valence-corrected chi connectivity index (χ1v) is 10.9. The number of hydrogen-bond acceptors (Lipinski definition) is 7. The fraction of sp³-hybridized carbons (Fsp3) is 0.542. The maximum Gasteiger partial charge on any atom is 0.161 e. The topological polar surface area (TPSA) is 61.3 Å². The third-order valence-corrected chi connectivity index (χ3v) is 5.75. The van der Waals surface area contributed by atoms with Gasteiger partial charge in [0, 0.05) is 58.2 Å². The zero-order valence-electron chi connectivity index (χ0n) is 19.3. The lowest BCUT2D eigenvalue weighted by molar-refractivity contribution is 0.0497. The molecular weight excluding hydrogens is 392 g/mol. The summed E-state index contributed by atoms with van der Waals surface area (Å²) in [6.45, 7) is 8.63. The van der Waals surface area contributed by atoms with Crippen molar-refractivity contribution >= 4 is 0 Å². The minimum Gasteiger partial charge on any atom is -0.493 e. The highest BCUT2D eigenvalue weighted by atomic mass is 16.5. The molecule has 1 N–H and O–H groups in total. The molecule has 1 aromatic carbocycles. The number of piperazine rings is 1. The van der Waals surface area contributed by atoms with E-state index in [1.54, 1.807) is 7.11 Å². The van der Waals surface area contributed by atoms with Crippen LogP contribution in [0.2, 0.25) is 0 Å². The molecule has 0 aliphatic carbocycles. The van der Waals surface area contributed by atoms with Crippen molar-refractivity contribution in [3.63, 3.8) is 0 Å². The maximum atomic E-state index is 10.5. The lowest BCUT2D eigenvalue weighted by Crippen LogP contribution is -2.47. The molecule has 7 heteroatoms. The minimum absolute atomic E-state index is 0.248. The quantitative estimate of drug-likeness (QED) is 0.621. The highest BCUT2D eigenvalue weighted by Crippen LogP contribution is 2.29. The van der Waals surface area contributed by atoms with E-state index in [1.807, 2.05) is 24.5 Å². The first kappa shape index (κ1) is 23.5. The Hall–Kier alpha value is -2.19. The first-order valence-electron chi connectivity index (χ1n) is 10.9. The molecule has 3 rings (SSSR count). The Balaban J connectivity index is 1.55. The van der Waals surface area contributed by atoms with Crippen molar-refractivity contribution in [2.45, 2.75) is 26.1 Å². The monoisotopic (exact) mass is 428 g/mol. The molecule has 1 aliphatic heterocycles. The average Bonchev–Trinajstić information content (AvgIpc) is 2.75. The number of benzene rings is 1. The summed E-state index contributed by atoms with van der Waals surface area (Å²) in [7, 11) is 5.87. The number of rotatable bonds is 10. The standard InChI is InChI=1S/C24H36N4O3/c1-19-14-25-8-7-21(19)16-27(3)15-20-5-6-23(30-4)24(13-20)31-18-22(29)17-28-11-9-26(2)10-12-28/h5-8,13-14,22,29H,9-12,15-18H2,1-4H3. The second-order valence-electron chi connectivity index (χ2n) is 8.53. The van der Waals surface area contributed by atoms with Crippen molar-refractivity contribution in [1.82, 2.24) is 19.7 Å². The van der Waals surface area contributed by atoms with Gasteiger partial charge in [-0.2, -0.15) is 0 Å². The number of nitrogens with zero attached hydrogens (tertiary/aromatic N) is 4. The summed E-state index contributed by atoms with van der Waals surface area (Å²) < 4.78 is 11.4. The van der Waals surface area contributed by atoms with Gasteiger partial charge in [0.1, 0.15) is 12.7 Å². The van der Waals surface area contributed by atoms with Crippen LogP contribution in [-0.4, -0.2) is 91.4 Å². The van der Waals surface area contributed by atoms with Gasteiger partial charge in [0.15, 0.2) is 11.5 Å². The largest absolute Gasteiger partial charge is 0.493 e. The smallest absolute Gasteiger partial charge is 0.161 e. The van der Waals surface area contributed by atoms with Crippen LogP contribution >= 0.6 is 0 Å². The Morgan fingerprint density at radius 1 is 1.13 bits per heavy atom. The summed E-state index contributed by atoms with van der Waals surface area (Å²) in [5, 5.41) is 10.5. The van der Waals surface area contributed by atoms with Gasteiger partial charge in [-0.15, -0.1) is 0 Å². The predicted molar refractivity (Wildman–Crippen MR) is 123 cm³/mol. The Morgan fingerprint density at radius 3 is 2.61 bits per heavy atom. The molecule has 0 radical (unpaired) electrons. The lowest BCUT2D eigenvalue weighted by Gasteiger charge is -2.33. The highest BCUT2D eigenvalue weighted by molar-refractivity contribution is 5.43. The number of β-amino-alcohol motifs (C(OH)–C–C–N with tert-alkyl or cyclic N) is 1. The Bertz CT molecular complexity index is 824. The fourth-order valence-electron chi connectivity index (χ4n) is 3.84. The van der Waals surface area contributed by atoms with E-state index < -0.39 is 6.10 Å². The van der Waals surface area contributed by atoms with Crippen LogP contribution < -0.4 is 9.47 Å². The molecule has 1 saturated heterocycles. The third-order valence-electron chi connectivity index (χ3n) is 5.75. The second-order valence-corrected chi connectivity index (χ2v) is 8.53. The van der Waals surface area contributed by atoms with Gasteiger partial charge in [-0.25, -0.2) is 0 Å². The van der Waals surface area contributed by atoms with E-state index in [-0.39, 0.29) is 6.61 Å². The molecule has 1 aromatic heterocycles. The number of aromatic nitrogens is 1. The maximum absolute atomic E-state index is 10.5. The molecule has 7 nitrogen and oxygen atoms in total. The van der Waals surface area contributed by atoms with Gasteiger partial charge in [0.05, 0.1) is 7.11 Å². The summed E-state index contributed by atoms with van der Waals surface area (Å²) >= 11 is 0. The van der Waals surface area contributed by atoms with Crippen molar-refractivity contribution in [1.29, 1.82) is 0 Å². The van der Waals surface area contributed by atoms with Gasteiger partial charge in [-0.1, -0.05) is 6.07 Å². The Morgan fingerprint density at radius 2 is 1.90 bits per heavy atom. The summed E-state index contributed by atoms with van der Waals surface area (Å²) in [4.78, 5) is 11.0. The molecular formula is C24H36N4O3. The van der Waals surface area contributed by atoms with Crippen molar-refractivity contribution in [2.75, 3.05) is 60.5 Å². The molecule has 1 aliphatic rings. The molecule has 1 atom stereocenters. The second kappa shape index (κ2) is 11.4. The van der Waals surface area contributed by atoms with Gasteiger partial charge in [-0.05, 0) is 55.9 Å². The molecule has 0 bridgehead atoms. The van der Waals surface area contributed by atoms with E-state index in [0.717, 1.165) is 44.8 Å². The number of pyridine rings is 1. The van der Waals surface area contributed by atoms with E-state index in [9.17, 15) is 5.11 Å². The Kier molecular flexibility index (Phi) is 8.66. The van der Waals surface area contributed by atoms with Crippen LogP contribution in [0.3, 0.4) is 0 Å². The number of aryl methyl sites for hydroxylation is 1. The molecule has 1 unspecified atom stereocenters. The normalized spacial score (nSPS) is 16.5. The summed E-state index contributed by atoms with van der Waals surface area (Å²) in [5.41, 5.74) is 3.61. The van der Waals surface area contributed by atoms with Crippen LogP contribution in [0.5, 0.6) is 11.5 Å². The minimum atomic E-state index is -0.533. The van der Waals surface area contributed by atoms with Crippen molar-refractivity contribution < 1.29 is 14.6 Å². The van der Waals surface area contributed by atoms with Gasteiger partial charge < -0.3 is 19.5 Å². The van der Waals surface area contributed by atoms with Crippen LogP contribution in [0, 0.1) is 6.92 Å². The Labute approximate surface area is 186 Å². The molecule has 0 saturated carbocycles. The third kappa shape index (κ3) is 7.18. The summed E-state index contributed by atoms with van der Waals surface area (Å²) in [5.74, 6) is 1.36. The van der Waals surface area contributed by atoms with E-state index in [1.165, 1.54) is 11.1 Å². The first-order chi connectivity index (χ1) is 14.9. The van der Waals surface area contributed by atoms with E-state index in [4.69, 9.17) is 9.47 Å². The molecule has 1 fully saturated rings. The number of ether oxygens (including phenoxy) is 2. The number of aliphatic hydroxyl groups is 1. The van der Waals surface area contributed by atoms with Crippen LogP contribution in [-0.2, 0) is 13.1 Å². The van der Waals surface area contributed by atoms with Crippen molar-refractivity contribution in [3.8, 4) is 11.5 Å². The van der Waals surface area contributed by atoms with E-state index in [0.29, 0.717) is 18.0 Å². The molecule has 170 valence electrons. The number of aliphatic hydroxyl groups excluding tert-OH is 1. The SMILES string of the molecule is COc1ccc(CN(C)Cc2ccncc2C)cc1OCC(O)CN1CCN(C)CC1. The van der Waals surface area contributed by atoms with Crippen LogP contribution in [0.15, 0.2) is 36.7 Å². The van der Waals surface area contributed by atoms with Crippen molar-refractivity contribution in [2.24, 2.45) is 0 Å². The average molecular weight is 429 g/mol. The fourth-order valence-corrected chi connectivity index (χ4v) is 3.84. The number of likely N-dealkylation sites (N-methyl/N-ethyl adjacent to an activating group) is 1. The van der Waals surface area contributed by atoms with Crippen LogP contribution in [0.4, 0.5) is 0 Å². The van der Waals surface area contributed by atoms with Crippen molar-refractivity contribution in [3.05, 3.63) is 53.3 Å². The van der Waals surface area contributed by atoms with E-state index in [2.05, 4.69) is 52.8 Å². The molecule has 2 heterocycles.